The molecule has 0 radical (unpaired) electrons. The summed E-state index contributed by atoms with van der Waals surface area (Å²) in [6, 6.07) is 6.43. The Morgan fingerprint density at radius 2 is 1.73 bits per heavy atom. The van der Waals surface area contributed by atoms with Crippen LogP contribution in [-0.4, -0.2) is 35.9 Å². The Kier molecular flexibility index (Phi) is 6.98. The Hall–Kier alpha value is -2.47. The van der Waals surface area contributed by atoms with Crippen molar-refractivity contribution < 1.29 is 19.5 Å². The fraction of sp³-hybridized carbons (Fsp3) is 0.312. The third kappa shape index (κ3) is 6.32. The van der Waals surface area contributed by atoms with Gasteiger partial charge < -0.3 is 15.7 Å². The molecule has 1 rings (SSSR count). The molecule has 0 saturated heterocycles. The fourth-order valence-electron chi connectivity index (χ4n) is 1.85. The third-order valence-electron chi connectivity index (χ3n) is 2.93. The standard InChI is InChI=1S/C16H20N2O4/c1-11(19)3-8-15(20)18-14(16(21)22)9-12-4-6-13(7-5-12)10-17-2/h3-8,14,17H,9-10H2,1-2H3,(H,18,20)(H,21,22)/b8-3+/t14-/m1/s1. The first-order chi connectivity index (χ1) is 10.4. The van der Waals surface area contributed by atoms with Crippen LogP contribution in [0.2, 0.25) is 0 Å². The smallest absolute Gasteiger partial charge is 0.326 e. The van der Waals surface area contributed by atoms with Crippen molar-refractivity contribution in [2.75, 3.05) is 7.05 Å². The van der Waals surface area contributed by atoms with Crippen molar-refractivity contribution in [2.24, 2.45) is 0 Å². The highest BCUT2D eigenvalue weighted by Crippen LogP contribution is 2.07. The Bertz CT molecular complexity index is 564. The van der Waals surface area contributed by atoms with E-state index >= 15 is 0 Å². The van der Waals surface area contributed by atoms with Crippen LogP contribution in [0.5, 0.6) is 0 Å². The molecule has 1 aromatic carbocycles. The van der Waals surface area contributed by atoms with Crippen molar-refractivity contribution >= 4 is 17.7 Å². The minimum absolute atomic E-state index is 0.175. The highest BCUT2D eigenvalue weighted by atomic mass is 16.4. The van der Waals surface area contributed by atoms with Gasteiger partial charge in [-0.05, 0) is 31.2 Å². The van der Waals surface area contributed by atoms with E-state index in [9.17, 15) is 19.5 Å². The molecule has 0 heterocycles. The van der Waals surface area contributed by atoms with Crippen LogP contribution >= 0.6 is 0 Å². The van der Waals surface area contributed by atoms with Crippen LogP contribution in [0.3, 0.4) is 0 Å². The molecule has 0 aliphatic heterocycles. The number of allylic oxidation sites excluding steroid dienone is 1. The molecule has 118 valence electrons. The molecular weight excluding hydrogens is 284 g/mol. The van der Waals surface area contributed by atoms with E-state index in [0.29, 0.717) is 0 Å². The van der Waals surface area contributed by atoms with Gasteiger partial charge in [-0.25, -0.2) is 4.79 Å². The van der Waals surface area contributed by atoms with E-state index in [0.717, 1.165) is 29.8 Å². The summed E-state index contributed by atoms with van der Waals surface area (Å²) in [6.45, 7) is 2.04. The summed E-state index contributed by atoms with van der Waals surface area (Å²) in [4.78, 5) is 33.6. The SMILES string of the molecule is CNCc1ccc(C[C@@H](NC(=O)/C=C/C(C)=O)C(=O)O)cc1. The van der Waals surface area contributed by atoms with Gasteiger partial charge >= 0.3 is 5.97 Å². The first kappa shape index (κ1) is 17.6. The zero-order chi connectivity index (χ0) is 16.5. The van der Waals surface area contributed by atoms with Crippen LogP contribution in [-0.2, 0) is 27.3 Å². The van der Waals surface area contributed by atoms with Gasteiger partial charge in [0, 0.05) is 19.0 Å². The summed E-state index contributed by atoms with van der Waals surface area (Å²) < 4.78 is 0. The van der Waals surface area contributed by atoms with Gasteiger partial charge in [-0.1, -0.05) is 24.3 Å². The lowest BCUT2D eigenvalue weighted by Gasteiger charge is -2.13. The van der Waals surface area contributed by atoms with E-state index < -0.39 is 17.9 Å². The summed E-state index contributed by atoms with van der Waals surface area (Å²) in [5, 5.41) is 14.6. The molecular formula is C16H20N2O4. The van der Waals surface area contributed by atoms with Crippen LogP contribution in [0.15, 0.2) is 36.4 Å². The van der Waals surface area contributed by atoms with Gasteiger partial charge in [0.05, 0.1) is 0 Å². The summed E-state index contributed by atoms with van der Waals surface area (Å²) in [7, 11) is 1.85. The largest absolute Gasteiger partial charge is 0.480 e. The van der Waals surface area contributed by atoms with E-state index in [1.54, 1.807) is 0 Å². The highest BCUT2D eigenvalue weighted by molar-refractivity contribution is 5.97. The molecule has 6 nitrogen and oxygen atoms in total. The van der Waals surface area contributed by atoms with E-state index in [4.69, 9.17) is 0 Å². The predicted octanol–water partition coefficient (Wildman–Crippen LogP) is 0.663. The number of ketones is 1. The minimum Gasteiger partial charge on any atom is -0.480 e. The van der Waals surface area contributed by atoms with E-state index in [1.165, 1.54) is 6.92 Å². The second-order valence-corrected chi connectivity index (χ2v) is 4.89. The maximum atomic E-state index is 11.6. The lowest BCUT2D eigenvalue weighted by molar-refractivity contribution is -0.141. The van der Waals surface area contributed by atoms with Crippen molar-refractivity contribution in [3.8, 4) is 0 Å². The van der Waals surface area contributed by atoms with Crippen molar-refractivity contribution in [2.45, 2.75) is 25.9 Å². The van der Waals surface area contributed by atoms with Crippen LogP contribution in [0.25, 0.3) is 0 Å². The maximum absolute atomic E-state index is 11.6. The summed E-state index contributed by atoms with van der Waals surface area (Å²) >= 11 is 0. The Morgan fingerprint density at radius 1 is 1.14 bits per heavy atom. The third-order valence-corrected chi connectivity index (χ3v) is 2.93. The Labute approximate surface area is 129 Å². The van der Waals surface area contributed by atoms with Gasteiger partial charge in [0.2, 0.25) is 5.91 Å². The normalized spacial score (nSPS) is 12.1. The number of nitrogens with one attached hydrogen (secondary N) is 2. The van der Waals surface area contributed by atoms with Crippen LogP contribution < -0.4 is 10.6 Å². The molecule has 0 unspecified atom stereocenters. The molecule has 22 heavy (non-hydrogen) atoms. The molecule has 0 aliphatic rings. The van der Waals surface area contributed by atoms with Crippen LogP contribution in [0, 0.1) is 0 Å². The predicted molar refractivity (Wildman–Crippen MR) is 82.3 cm³/mol. The quantitative estimate of drug-likeness (QED) is 0.613. The van der Waals surface area contributed by atoms with Gasteiger partial charge in [0.15, 0.2) is 5.78 Å². The second kappa shape index (κ2) is 8.74. The lowest BCUT2D eigenvalue weighted by Crippen LogP contribution is -2.41. The van der Waals surface area contributed by atoms with Gasteiger partial charge in [0.1, 0.15) is 6.04 Å². The molecule has 6 heteroatoms. The number of hydrogen-bond donors (Lipinski definition) is 3. The number of amides is 1. The number of carbonyl (C=O) groups excluding carboxylic acids is 2. The fourth-order valence-corrected chi connectivity index (χ4v) is 1.85. The maximum Gasteiger partial charge on any atom is 0.326 e. The number of carboxylic acid groups (broad SMARTS) is 1. The Balaban J connectivity index is 2.69. The van der Waals surface area contributed by atoms with Crippen molar-refractivity contribution in [1.82, 2.24) is 10.6 Å². The van der Waals surface area contributed by atoms with Crippen LogP contribution in [0.1, 0.15) is 18.1 Å². The summed E-state index contributed by atoms with van der Waals surface area (Å²) in [5.41, 5.74) is 1.90. The number of carbonyl (C=O) groups is 3. The molecule has 1 amide bonds. The van der Waals surface area contributed by atoms with Gasteiger partial charge in [-0.15, -0.1) is 0 Å². The lowest BCUT2D eigenvalue weighted by atomic mass is 10.0. The average molecular weight is 304 g/mol. The van der Waals surface area contributed by atoms with Crippen LogP contribution in [0.4, 0.5) is 0 Å². The van der Waals surface area contributed by atoms with E-state index in [2.05, 4.69) is 10.6 Å². The topological polar surface area (TPSA) is 95.5 Å². The Morgan fingerprint density at radius 3 is 2.23 bits per heavy atom. The molecule has 0 saturated carbocycles. The van der Waals surface area contributed by atoms with Crippen molar-refractivity contribution in [3.63, 3.8) is 0 Å². The molecule has 1 aromatic rings. The van der Waals surface area contributed by atoms with Gasteiger partial charge in [-0.2, -0.15) is 0 Å². The monoisotopic (exact) mass is 304 g/mol. The zero-order valence-corrected chi connectivity index (χ0v) is 12.6. The van der Waals surface area contributed by atoms with E-state index in [1.807, 2.05) is 31.3 Å². The van der Waals surface area contributed by atoms with Crippen molar-refractivity contribution in [1.29, 1.82) is 0 Å². The molecule has 0 spiro atoms. The number of aliphatic carboxylic acids is 1. The molecule has 3 N–H and O–H groups in total. The molecule has 1 atom stereocenters. The number of rotatable bonds is 8. The second-order valence-electron chi connectivity index (χ2n) is 4.89. The van der Waals surface area contributed by atoms with Crippen molar-refractivity contribution in [3.05, 3.63) is 47.5 Å². The first-order valence-electron chi connectivity index (χ1n) is 6.86. The first-order valence-corrected chi connectivity index (χ1v) is 6.86. The van der Waals surface area contributed by atoms with E-state index in [-0.39, 0.29) is 12.2 Å². The van der Waals surface area contributed by atoms with Gasteiger partial charge in [0.25, 0.3) is 0 Å². The molecule has 0 fully saturated rings. The summed E-state index contributed by atoms with van der Waals surface area (Å²) in [5.74, 6) is -2.00. The highest BCUT2D eigenvalue weighted by Gasteiger charge is 2.19. The zero-order valence-electron chi connectivity index (χ0n) is 12.6. The summed E-state index contributed by atoms with van der Waals surface area (Å²) in [6.07, 6.45) is 2.31. The molecule has 0 aliphatic carbocycles. The molecule has 0 bridgehead atoms. The van der Waals surface area contributed by atoms with Gasteiger partial charge in [-0.3, -0.25) is 9.59 Å². The minimum atomic E-state index is -1.12. The number of benzene rings is 1. The number of hydrogen-bond acceptors (Lipinski definition) is 4. The average Bonchev–Trinajstić information content (AvgIpc) is 2.46. The number of carboxylic acids is 1. The molecule has 0 aromatic heterocycles.